The molecule has 2 heteroatoms. The SMILES string of the molecule is CCCCC/C=C\C/C=C\CCCCCCCC(CCCCCCC/C=C\C/C=C\CCCCC)COC(=O)CC(C)C. The van der Waals surface area contributed by atoms with Crippen LogP contribution in [0, 0.1) is 11.8 Å². The normalized spacial score (nSPS) is 12.4. The van der Waals surface area contributed by atoms with Crippen LogP contribution in [-0.4, -0.2) is 12.6 Å². The summed E-state index contributed by atoms with van der Waals surface area (Å²) < 4.78 is 5.70. The maximum Gasteiger partial charge on any atom is 0.306 e. The molecule has 0 atom stereocenters. The molecule has 0 aliphatic carbocycles. The highest BCUT2D eigenvalue weighted by Gasteiger charge is 2.13. The Morgan fingerprint density at radius 2 is 0.884 bits per heavy atom. The monoisotopic (exact) mass is 599 g/mol. The second kappa shape index (κ2) is 34.9. The molecule has 0 bridgehead atoms. The first-order chi connectivity index (χ1) is 21.1. The van der Waals surface area contributed by atoms with Gasteiger partial charge in [-0.3, -0.25) is 4.79 Å². The topological polar surface area (TPSA) is 26.3 Å². The Morgan fingerprint density at radius 3 is 1.28 bits per heavy atom. The average Bonchev–Trinajstić information content (AvgIpc) is 2.99. The lowest BCUT2D eigenvalue weighted by Crippen LogP contribution is -2.15. The Kier molecular flexibility index (Phi) is 33.6. The Hall–Kier alpha value is -1.57. The Morgan fingerprint density at radius 1 is 0.512 bits per heavy atom. The van der Waals surface area contributed by atoms with E-state index in [2.05, 4.69) is 76.3 Å². The van der Waals surface area contributed by atoms with Gasteiger partial charge in [-0.15, -0.1) is 0 Å². The van der Waals surface area contributed by atoms with Gasteiger partial charge in [0.25, 0.3) is 0 Å². The summed E-state index contributed by atoms with van der Waals surface area (Å²) in [4.78, 5) is 12.1. The molecule has 43 heavy (non-hydrogen) atoms. The number of carbonyl (C=O) groups excluding carboxylic acids is 1. The van der Waals surface area contributed by atoms with Crippen LogP contribution in [-0.2, 0) is 9.53 Å². The molecule has 0 saturated carbocycles. The molecule has 250 valence electrons. The van der Waals surface area contributed by atoms with Crippen LogP contribution in [0.1, 0.15) is 188 Å². The minimum absolute atomic E-state index is 0.0138. The summed E-state index contributed by atoms with van der Waals surface area (Å²) in [6, 6.07) is 0. The van der Waals surface area contributed by atoms with E-state index in [4.69, 9.17) is 4.74 Å². The molecule has 0 rings (SSSR count). The van der Waals surface area contributed by atoms with Gasteiger partial charge >= 0.3 is 5.97 Å². The summed E-state index contributed by atoms with van der Waals surface area (Å²) in [5, 5.41) is 0. The molecule has 0 heterocycles. The fourth-order valence-corrected chi connectivity index (χ4v) is 5.40. The maximum atomic E-state index is 12.1. The van der Waals surface area contributed by atoms with Crippen molar-refractivity contribution in [1.82, 2.24) is 0 Å². The predicted octanol–water partition coefficient (Wildman–Crippen LogP) is 13.8. The van der Waals surface area contributed by atoms with Crippen molar-refractivity contribution in [2.45, 2.75) is 188 Å². The summed E-state index contributed by atoms with van der Waals surface area (Å²) in [5.41, 5.74) is 0. The summed E-state index contributed by atoms with van der Waals surface area (Å²) >= 11 is 0. The molecule has 0 aromatic rings. The molecule has 0 aliphatic rings. The number of rotatable bonds is 32. The molecule has 0 aromatic heterocycles. The van der Waals surface area contributed by atoms with E-state index in [0.717, 1.165) is 12.8 Å². The van der Waals surface area contributed by atoms with Gasteiger partial charge in [0.1, 0.15) is 0 Å². The van der Waals surface area contributed by atoms with Gasteiger partial charge in [0.05, 0.1) is 6.61 Å². The number of hydrogen-bond donors (Lipinski definition) is 0. The van der Waals surface area contributed by atoms with Crippen molar-refractivity contribution in [3.05, 3.63) is 48.6 Å². The van der Waals surface area contributed by atoms with Gasteiger partial charge in [-0.25, -0.2) is 0 Å². The van der Waals surface area contributed by atoms with Gasteiger partial charge in [0.15, 0.2) is 0 Å². The van der Waals surface area contributed by atoms with Gasteiger partial charge in [-0.1, -0.05) is 153 Å². The van der Waals surface area contributed by atoms with Crippen molar-refractivity contribution < 1.29 is 9.53 Å². The lowest BCUT2D eigenvalue weighted by Gasteiger charge is -2.17. The van der Waals surface area contributed by atoms with Gasteiger partial charge < -0.3 is 4.74 Å². The minimum Gasteiger partial charge on any atom is -0.465 e. The minimum atomic E-state index is -0.0138. The van der Waals surface area contributed by atoms with Crippen LogP contribution in [0.4, 0.5) is 0 Å². The summed E-state index contributed by atoms with van der Waals surface area (Å²) in [5.74, 6) is 0.891. The third kappa shape index (κ3) is 34.8. The molecule has 0 aliphatic heterocycles. The van der Waals surface area contributed by atoms with Crippen molar-refractivity contribution in [1.29, 1.82) is 0 Å². The van der Waals surface area contributed by atoms with Crippen molar-refractivity contribution in [3.63, 3.8) is 0 Å². The van der Waals surface area contributed by atoms with Crippen LogP contribution in [0.25, 0.3) is 0 Å². The number of carbonyl (C=O) groups is 1. The quantitative estimate of drug-likeness (QED) is 0.0437. The van der Waals surface area contributed by atoms with Gasteiger partial charge in [-0.2, -0.15) is 0 Å². The molecule has 2 nitrogen and oxygen atoms in total. The van der Waals surface area contributed by atoms with Crippen LogP contribution in [0.2, 0.25) is 0 Å². The van der Waals surface area contributed by atoms with Crippen LogP contribution >= 0.6 is 0 Å². The number of unbranched alkanes of at least 4 members (excludes halogenated alkanes) is 16. The lowest BCUT2D eigenvalue weighted by molar-refractivity contribution is -0.146. The van der Waals surface area contributed by atoms with Gasteiger partial charge in [-0.05, 0) is 88.9 Å². The van der Waals surface area contributed by atoms with E-state index in [1.165, 1.54) is 141 Å². The maximum absolute atomic E-state index is 12.1. The zero-order valence-corrected chi connectivity index (χ0v) is 29.5. The second-order valence-electron chi connectivity index (χ2n) is 13.2. The molecule has 0 N–H and O–H groups in total. The zero-order chi connectivity index (χ0) is 31.5. The lowest BCUT2D eigenvalue weighted by atomic mass is 9.94. The number of ether oxygens (including phenoxy) is 1. The summed E-state index contributed by atoms with van der Waals surface area (Å²) in [7, 11) is 0. The Bertz CT molecular complexity index is 638. The largest absolute Gasteiger partial charge is 0.465 e. The van der Waals surface area contributed by atoms with Crippen LogP contribution in [0.15, 0.2) is 48.6 Å². The third-order valence-electron chi connectivity index (χ3n) is 8.18. The highest BCUT2D eigenvalue weighted by molar-refractivity contribution is 5.69. The molecule has 0 amide bonds. The van der Waals surface area contributed by atoms with Crippen LogP contribution < -0.4 is 0 Å². The van der Waals surface area contributed by atoms with Crippen LogP contribution in [0.5, 0.6) is 0 Å². The first-order valence-corrected chi connectivity index (χ1v) is 18.9. The highest BCUT2D eigenvalue weighted by Crippen LogP contribution is 2.20. The fourth-order valence-electron chi connectivity index (χ4n) is 5.40. The van der Waals surface area contributed by atoms with Crippen molar-refractivity contribution in [2.24, 2.45) is 11.8 Å². The highest BCUT2D eigenvalue weighted by atomic mass is 16.5. The first-order valence-electron chi connectivity index (χ1n) is 18.9. The molecule has 0 unspecified atom stereocenters. The molecule has 0 fully saturated rings. The van der Waals surface area contributed by atoms with E-state index in [9.17, 15) is 4.79 Å². The fraction of sp³-hybridized carbons (Fsp3) is 0.780. The standard InChI is InChI=1S/C41H74O2/c1-5-7-9-11-13-15-17-19-21-23-25-27-29-31-33-35-40(38-43-41(42)37-39(3)4)36-34-32-30-28-26-24-22-20-18-16-14-12-10-8-6-2/h13-16,19-22,39-40H,5-12,17-18,23-38H2,1-4H3/b15-13-,16-14-,21-19-,22-20-. The van der Waals surface area contributed by atoms with E-state index < -0.39 is 0 Å². The Labute approximate surface area is 270 Å². The molecule has 0 spiro atoms. The molecular formula is C41H74O2. The molecular weight excluding hydrogens is 524 g/mol. The second-order valence-corrected chi connectivity index (χ2v) is 13.2. The van der Waals surface area contributed by atoms with E-state index in [1.807, 2.05) is 0 Å². The zero-order valence-electron chi connectivity index (χ0n) is 29.5. The molecule has 0 radical (unpaired) electrons. The van der Waals surface area contributed by atoms with Crippen molar-refractivity contribution in [2.75, 3.05) is 6.61 Å². The summed E-state index contributed by atoms with van der Waals surface area (Å²) in [6.07, 6.45) is 49.8. The molecule has 0 aromatic carbocycles. The molecule has 0 saturated heterocycles. The number of allylic oxidation sites excluding steroid dienone is 8. The number of esters is 1. The van der Waals surface area contributed by atoms with Crippen molar-refractivity contribution >= 4 is 5.97 Å². The predicted molar refractivity (Wildman–Crippen MR) is 193 cm³/mol. The first kappa shape index (κ1) is 41.4. The third-order valence-corrected chi connectivity index (χ3v) is 8.18. The van der Waals surface area contributed by atoms with E-state index in [0.29, 0.717) is 24.9 Å². The number of hydrogen-bond acceptors (Lipinski definition) is 2. The van der Waals surface area contributed by atoms with E-state index in [-0.39, 0.29) is 5.97 Å². The average molecular weight is 599 g/mol. The van der Waals surface area contributed by atoms with Gasteiger partial charge in [0.2, 0.25) is 0 Å². The van der Waals surface area contributed by atoms with E-state index >= 15 is 0 Å². The smallest absolute Gasteiger partial charge is 0.306 e. The summed E-state index contributed by atoms with van der Waals surface area (Å²) in [6.45, 7) is 9.32. The Balaban J connectivity index is 3.98. The van der Waals surface area contributed by atoms with E-state index in [1.54, 1.807) is 0 Å². The van der Waals surface area contributed by atoms with Gasteiger partial charge in [0, 0.05) is 6.42 Å². The van der Waals surface area contributed by atoms with Crippen molar-refractivity contribution in [3.8, 4) is 0 Å². The van der Waals surface area contributed by atoms with Crippen LogP contribution in [0.3, 0.4) is 0 Å².